The number of nitrogens with zero attached hydrogens (tertiary/aromatic N) is 4. The molecule has 0 aliphatic heterocycles. The number of aryl methyl sites for hydroxylation is 1. The zero-order valence-electron chi connectivity index (χ0n) is 34.3. The second kappa shape index (κ2) is 19.5. The Hall–Kier alpha value is -7.59. The molecular formula is C44H29Br2Cl2N9O10. The van der Waals surface area contributed by atoms with E-state index in [9.17, 15) is 28.8 Å². The van der Waals surface area contributed by atoms with Crippen LogP contribution < -0.4 is 32.2 Å². The lowest BCUT2D eigenvalue weighted by atomic mass is 10.1. The molecule has 9 aromatic rings. The molecule has 19 nitrogen and oxygen atoms in total. The van der Waals surface area contributed by atoms with Gasteiger partial charge < -0.3 is 29.8 Å². The van der Waals surface area contributed by atoms with Gasteiger partial charge in [0.15, 0.2) is 22.9 Å². The minimum Gasteiger partial charge on any atom is -0.427 e. The lowest BCUT2D eigenvalue weighted by Gasteiger charge is -2.13. The number of aromatic nitrogens is 6. The molecule has 0 aliphatic carbocycles. The zero-order valence-corrected chi connectivity index (χ0v) is 39.0. The summed E-state index contributed by atoms with van der Waals surface area (Å²) in [5.41, 5.74) is 4.10. The second-order valence-electron chi connectivity index (χ2n) is 14.2. The first-order valence-corrected chi connectivity index (χ1v) is 21.7. The van der Waals surface area contributed by atoms with E-state index in [4.69, 9.17) is 32.5 Å². The van der Waals surface area contributed by atoms with Crippen LogP contribution in [0.1, 0.15) is 33.5 Å². The number of ether oxygens (including phenoxy) is 1. The summed E-state index contributed by atoms with van der Waals surface area (Å²) in [4.78, 5) is 77.7. The number of benzene rings is 5. The fourth-order valence-electron chi connectivity index (χ4n) is 6.78. The highest BCUT2D eigenvalue weighted by atomic mass is 79.9. The van der Waals surface area contributed by atoms with Gasteiger partial charge in [0.05, 0.1) is 34.4 Å². The fourth-order valence-corrected chi connectivity index (χ4v) is 8.48. The number of aromatic amines is 2. The van der Waals surface area contributed by atoms with Crippen molar-refractivity contribution in [1.29, 1.82) is 0 Å². The Morgan fingerprint density at radius 2 is 1.31 bits per heavy atom. The number of fused-ring (bicyclic) bond motifs is 2. The Balaban J connectivity index is 0.000000188. The summed E-state index contributed by atoms with van der Waals surface area (Å²) in [5.74, 6) is -2.66. The standard InChI is InChI=1S/C26H18Br2ClN5O4.C18H11ClN4O6/c1-34-20(25(36)30-19-8-7-14(29)10-16(19)24-32-26(37)38-33-24)11-15-17(27)12-18(28)22(23(15)34)31-21(35)9-13-5-3-2-4-6-13;1-8(24)27-10-3-4-11-14(7-10)28-22-15(11)17(25)20-13-5-2-9(19)6-12(13)16-21-18(26)29-23-16/h2-8,10-12H,9H2,1H3,(H,30,36)(H,31,35)(H,32,33,37);2-7H,1H3,(H,20,25)(H,21,23,26). The number of carbonyl (C=O) groups excluding carboxylic acids is 4. The molecule has 0 fully saturated rings. The van der Waals surface area contributed by atoms with Gasteiger partial charge in [0, 0.05) is 55.5 Å². The Bertz CT molecular complexity index is 3520. The van der Waals surface area contributed by atoms with Gasteiger partial charge in [0.2, 0.25) is 5.91 Å². The van der Waals surface area contributed by atoms with Crippen molar-refractivity contribution >= 4 is 118 Å². The first-order valence-electron chi connectivity index (χ1n) is 19.4. The molecule has 67 heavy (non-hydrogen) atoms. The maximum absolute atomic E-state index is 13.5. The molecule has 23 heteroatoms. The normalized spacial score (nSPS) is 11.0. The number of hydrogen-bond acceptors (Lipinski definition) is 13. The summed E-state index contributed by atoms with van der Waals surface area (Å²) >= 11 is 19.3. The average molecular weight is 1070 g/mol. The van der Waals surface area contributed by atoms with E-state index < -0.39 is 29.3 Å². The molecule has 0 spiro atoms. The maximum atomic E-state index is 13.5. The Morgan fingerprint density at radius 3 is 1.90 bits per heavy atom. The molecule has 9 rings (SSSR count). The van der Waals surface area contributed by atoms with Gasteiger partial charge in [0.1, 0.15) is 11.4 Å². The largest absolute Gasteiger partial charge is 0.439 e. The van der Waals surface area contributed by atoms with E-state index in [0.29, 0.717) is 59.3 Å². The third-order valence-electron chi connectivity index (χ3n) is 9.69. The molecule has 338 valence electrons. The number of H-pyrrole nitrogens is 2. The zero-order chi connectivity index (χ0) is 47.5. The van der Waals surface area contributed by atoms with E-state index in [2.05, 4.69) is 82.3 Å². The molecule has 4 aromatic heterocycles. The van der Waals surface area contributed by atoms with E-state index in [0.717, 1.165) is 15.4 Å². The highest BCUT2D eigenvalue weighted by Gasteiger charge is 2.24. The van der Waals surface area contributed by atoms with Crippen molar-refractivity contribution in [2.24, 2.45) is 7.05 Å². The summed E-state index contributed by atoms with van der Waals surface area (Å²) in [6.45, 7) is 1.27. The maximum Gasteiger partial charge on any atom is 0.439 e. The lowest BCUT2D eigenvalue weighted by molar-refractivity contribution is -0.131. The van der Waals surface area contributed by atoms with Gasteiger partial charge in [-0.3, -0.25) is 38.2 Å². The van der Waals surface area contributed by atoms with Crippen LogP contribution in [0.15, 0.2) is 129 Å². The molecule has 0 saturated heterocycles. The predicted octanol–water partition coefficient (Wildman–Crippen LogP) is 9.14. The molecule has 0 atom stereocenters. The van der Waals surface area contributed by atoms with Crippen molar-refractivity contribution in [2.75, 3.05) is 16.0 Å². The van der Waals surface area contributed by atoms with E-state index in [1.807, 2.05) is 36.4 Å². The van der Waals surface area contributed by atoms with Gasteiger partial charge in [-0.2, -0.15) is 0 Å². The minimum absolute atomic E-state index is 0.0175. The van der Waals surface area contributed by atoms with E-state index in [1.165, 1.54) is 25.1 Å². The molecule has 0 radical (unpaired) electrons. The van der Waals surface area contributed by atoms with E-state index in [1.54, 1.807) is 54.1 Å². The van der Waals surface area contributed by atoms with Gasteiger partial charge in [-0.05, 0) is 82.2 Å². The first-order chi connectivity index (χ1) is 32.1. The van der Waals surface area contributed by atoms with Crippen molar-refractivity contribution in [3.05, 3.63) is 154 Å². The fraction of sp³-hybridized carbons (Fsp3) is 0.0682. The van der Waals surface area contributed by atoms with Crippen molar-refractivity contribution in [3.8, 4) is 28.5 Å². The number of nitrogens with one attached hydrogen (secondary N) is 5. The van der Waals surface area contributed by atoms with Gasteiger partial charge in [0.25, 0.3) is 11.8 Å². The van der Waals surface area contributed by atoms with Gasteiger partial charge >= 0.3 is 17.5 Å². The topological polar surface area (TPSA) is 262 Å². The first kappa shape index (κ1) is 46.0. The molecule has 5 N–H and O–H groups in total. The van der Waals surface area contributed by atoms with Crippen LogP contribution in [-0.2, 0) is 23.1 Å². The van der Waals surface area contributed by atoms with Crippen molar-refractivity contribution in [2.45, 2.75) is 13.3 Å². The van der Waals surface area contributed by atoms with Crippen molar-refractivity contribution in [3.63, 3.8) is 0 Å². The summed E-state index contributed by atoms with van der Waals surface area (Å²) in [7, 11) is 1.74. The average Bonchev–Trinajstić information content (AvgIpc) is 4.10. The Kier molecular flexibility index (Phi) is 13.4. The molecule has 0 unspecified atom stereocenters. The van der Waals surface area contributed by atoms with Gasteiger partial charge in [-0.25, -0.2) is 9.59 Å². The Morgan fingerprint density at radius 1 is 0.701 bits per heavy atom. The van der Waals surface area contributed by atoms with Crippen LogP contribution in [0.25, 0.3) is 44.6 Å². The number of amides is 3. The molecular weight excluding hydrogens is 1050 g/mol. The summed E-state index contributed by atoms with van der Waals surface area (Å²) in [5, 5.41) is 21.5. The summed E-state index contributed by atoms with van der Waals surface area (Å²) in [6, 6.07) is 26.9. The highest BCUT2D eigenvalue weighted by Crippen LogP contribution is 2.39. The van der Waals surface area contributed by atoms with Crippen LogP contribution in [0.4, 0.5) is 17.1 Å². The number of rotatable bonds is 10. The molecule has 3 amide bonds. The number of halogens is 4. The van der Waals surface area contributed by atoms with Crippen LogP contribution in [-0.4, -0.2) is 53.7 Å². The number of carbonyl (C=O) groups is 4. The van der Waals surface area contributed by atoms with Crippen LogP contribution in [0, 0.1) is 0 Å². The molecule has 0 saturated carbocycles. The number of anilines is 3. The molecule has 0 aliphatic rings. The number of hydrogen-bond donors (Lipinski definition) is 5. The quantitative estimate of drug-likeness (QED) is 0.0633. The van der Waals surface area contributed by atoms with Crippen LogP contribution in [0.2, 0.25) is 10.0 Å². The Labute approximate surface area is 402 Å². The van der Waals surface area contributed by atoms with Crippen molar-refractivity contribution in [1.82, 2.24) is 30.0 Å². The third-order valence-corrected chi connectivity index (χ3v) is 11.4. The summed E-state index contributed by atoms with van der Waals surface area (Å²) in [6.07, 6.45) is 0.200. The van der Waals surface area contributed by atoms with Crippen LogP contribution in [0.3, 0.4) is 0 Å². The van der Waals surface area contributed by atoms with E-state index in [-0.39, 0.29) is 41.0 Å². The predicted molar refractivity (Wildman–Crippen MR) is 253 cm³/mol. The number of esters is 1. The van der Waals surface area contributed by atoms with Gasteiger partial charge in [-0.15, -0.1) is 0 Å². The smallest absolute Gasteiger partial charge is 0.427 e. The van der Waals surface area contributed by atoms with E-state index >= 15 is 0 Å². The summed E-state index contributed by atoms with van der Waals surface area (Å²) < 4.78 is 22.4. The lowest BCUT2D eigenvalue weighted by Crippen LogP contribution is -2.17. The van der Waals surface area contributed by atoms with Crippen LogP contribution >= 0.6 is 55.1 Å². The highest BCUT2D eigenvalue weighted by molar-refractivity contribution is 9.11. The van der Waals surface area contributed by atoms with Crippen LogP contribution in [0.5, 0.6) is 5.75 Å². The molecule has 4 heterocycles. The second-order valence-corrected chi connectivity index (χ2v) is 16.8. The molecule has 0 bridgehead atoms. The monoisotopic (exact) mass is 1070 g/mol. The van der Waals surface area contributed by atoms with Gasteiger partial charge in [-0.1, -0.05) is 84.9 Å². The third kappa shape index (κ3) is 10.3. The minimum atomic E-state index is -0.747. The van der Waals surface area contributed by atoms with Crippen molar-refractivity contribution < 1.29 is 37.5 Å². The molecule has 5 aromatic carbocycles. The SMILES string of the molecule is CC(=O)Oc1ccc2c(C(=O)Nc3ccc(Cl)cc3-c3noc(=O)[nH]3)noc2c1.Cn1c(C(=O)Nc2ccc(Cl)cc2-c2noc(=O)[nH]2)cc2c(Br)cc(Br)c(NC(=O)Cc3ccccc3)c21.